The Labute approximate surface area is 162 Å². The van der Waals surface area contributed by atoms with Gasteiger partial charge in [-0.05, 0) is 51.1 Å². The zero-order valence-electron chi connectivity index (χ0n) is 15.0. The Morgan fingerprint density at radius 3 is 2.78 bits per heavy atom. The Morgan fingerprint density at radius 1 is 1.22 bits per heavy atom. The standard InChI is InChI=1S/C19H20ClN5O2/c1-12-9-22-16(10-21-12)19-23-18(24-27-19)13-4-6-25(7-5-13)11-14-8-15(20)2-3-17(14)26/h2-3,8-10,13,26H,4-7,11H2,1H3. The van der Waals surface area contributed by atoms with Crippen molar-refractivity contribution in [3.05, 3.63) is 52.7 Å². The van der Waals surface area contributed by atoms with Crippen molar-refractivity contribution in [1.29, 1.82) is 0 Å². The molecule has 2 aromatic heterocycles. The van der Waals surface area contributed by atoms with Gasteiger partial charge in [-0.1, -0.05) is 16.8 Å². The number of benzene rings is 1. The molecule has 0 aliphatic carbocycles. The van der Waals surface area contributed by atoms with Crippen LogP contribution in [0.3, 0.4) is 0 Å². The summed E-state index contributed by atoms with van der Waals surface area (Å²) in [7, 11) is 0. The Bertz CT molecular complexity index is 920. The summed E-state index contributed by atoms with van der Waals surface area (Å²) in [6.07, 6.45) is 5.19. The highest BCUT2D eigenvalue weighted by atomic mass is 35.5. The summed E-state index contributed by atoms with van der Waals surface area (Å²) in [6, 6.07) is 5.15. The monoisotopic (exact) mass is 385 g/mol. The molecular formula is C19H20ClN5O2. The van der Waals surface area contributed by atoms with E-state index in [9.17, 15) is 5.11 Å². The Balaban J connectivity index is 1.38. The molecule has 0 atom stereocenters. The molecule has 7 nitrogen and oxygen atoms in total. The van der Waals surface area contributed by atoms with Crippen LogP contribution in [-0.4, -0.2) is 43.2 Å². The van der Waals surface area contributed by atoms with Crippen LogP contribution in [-0.2, 0) is 6.54 Å². The van der Waals surface area contributed by atoms with Gasteiger partial charge in [-0.25, -0.2) is 4.98 Å². The van der Waals surface area contributed by atoms with Crippen LogP contribution >= 0.6 is 11.6 Å². The molecule has 0 amide bonds. The number of likely N-dealkylation sites (tertiary alicyclic amines) is 1. The van der Waals surface area contributed by atoms with E-state index < -0.39 is 0 Å². The van der Waals surface area contributed by atoms with Crippen LogP contribution in [0, 0.1) is 6.92 Å². The minimum atomic E-state index is 0.255. The number of aryl methyl sites for hydroxylation is 1. The van der Waals surface area contributed by atoms with E-state index in [0.29, 0.717) is 23.2 Å². The Kier molecular flexibility index (Phi) is 5.05. The molecule has 0 saturated carbocycles. The molecular weight excluding hydrogens is 366 g/mol. The topological polar surface area (TPSA) is 88.2 Å². The molecule has 0 radical (unpaired) electrons. The molecule has 27 heavy (non-hydrogen) atoms. The maximum absolute atomic E-state index is 9.99. The first-order valence-electron chi connectivity index (χ1n) is 8.91. The number of rotatable bonds is 4. The number of aromatic hydroxyl groups is 1. The first kappa shape index (κ1) is 17.9. The number of halogens is 1. The number of nitrogens with zero attached hydrogens (tertiary/aromatic N) is 5. The van der Waals surface area contributed by atoms with Crippen LogP contribution in [0.5, 0.6) is 5.75 Å². The molecule has 0 bridgehead atoms. The molecule has 1 fully saturated rings. The molecule has 1 aromatic carbocycles. The largest absolute Gasteiger partial charge is 0.508 e. The molecule has 0 unspecified atom stereocenters. The van der Waals surface area contributed by atoms with E-state index in [0.717, 1.165) is 43.0 Å². The summed E-state index contributed by atoms with van der Waals surface area (Å²) in [5, 5.41) is 14.8. The normalized spacial score (nSPS) is 15.9. The molecule has 4 rings (SSSR count). The number of piperidine rings is 1. The van der Waals surface area contributed by atoms with Gasteiger partial charge in [-0.3, -0.25) is 9.88 Å². The first-order valence-corrected chi connectivity index (χ1v) is 9.28. The second kappa shape index (κ2) is 7.62. The molecule has 140 valence electrons. The molecule has 1 aliphatic rings. The second-order valence-corrected chi connectivity index (χ2v) is 7.26. The van der Waals surface area contributed by atoms with Crippen molar-refractivity contribution in [2.45, 2.75) is 32.2 Å². The third-order valence-electron chi connectivity index (χ3n) is 4.83. The van der Waals surface area contributed by atoms with Gasteiger partial charge >= 0.3 is 0 Å². The van der Waals surface area contributed by atoms with E-state index in [1.54, 1.807) is 24.5 Å². The number of phenolic OH excluding ortho intramolecular Hbond substituents is 1. The smallest absolute Gasteiger partial charge is 0.278 e. The maximum Gasteiger partial charge on any atom is 0.278 e. The fourth-order valence-corrected chi connectivity index (χ4v) is 3.47. The van der Waals surface area contributed by atoms with Gasteiger partial charge in [0.2, 0.25) is 0 Å². The Morgan fingerprint density at radius 2 is 2.04 bits per heavy atom. The minimum Gasteiger partial charge on any atom is -0.508 e. The highest BCUT2D eigenvalue weighted by Gasteiger charge is 2.25. The summed E-state index contributed by atoms with van der Waals surface area (Å²) in [6.45, 7) is 4.35. The van der Waals surface area contributed by atoms with Crippen molar-refractivity contribution in [3.63, 3.8) is 0 Å². The predicted octanol–water partition coefficient (Wildman–Crippen LogP) is 3.57. The highest BCUT2D eigenvalue weighted by Crippen LogP contribution is 2.30. The maximum atomic E-state index is 9.99. The first-order chi connectivity index (χ1) is 13.1. The average Bonchev–Trinajstić information content (AvgIpc) is 3.16. The quantitative estimate of drug-likeness (QED) is 0.734. The molecule has 1 N–H and O–H groups in total. The van der Waals surface area contributed by atoms with Crippen LogP contribution in [0.2, 0.25) is 5.02 Å². The van der Waals surface area contributed by atoms with Crippen molar-refractivity contribution >= 4 is 11.6 Å². The lowest BCUT2D eigenvalue weighted by Gasteiger charge is -2.30. The fraction of sp³-hybridized carbons (Fsp3) is 0.368. The van der Waals surface area contributed by atoms with E-state index in [4.69, 9.17) is 16.1 Å². The van der Waals surface area contributed by atoms with E-state index in [1.165, 1.54) is 0 Å². The van der Waals surface area contributed by atoms with Crippen molar-refractivity contribution in [2.24, 2.45) is 0 Å². The van der Waals surface area contributed by atoms with Crippen molar-refractivity contribution in [1.82, 2.24) is 25.0 Å². The van der Waals surface area contributed by atoms with Crippen molar-refractivity contribution in [3.8, 4) is 17.3 Å². The predicted molar refractivity (Wildman–Crippen MR) is 100 cm³/mol. The van der Waals surface area contributed by atoms with E-state index >= 15 is 0 Å². The lowest BCUT2D eigenvalue weighted by molar-refractivity contribution is 0.198. The zero-order valence-corrected chi connectivity index (χ0v) is 15.7. The molecule has 1 aliphatic heterocycles. The summed E-state index contributed by atoms with van der Waals surface area (Å²) in [4.78, 5) is 15.3. The summed E-state index contributed by atoms with van der Waals surface area (Å²) in [5.41, 5.74) is 2.28. The van der Waals surface area contributed by atoms with Crippen LogP contribution in [0.1, 0.15) is 35.8 Å². The lowest BCUT2D eigenvalue weighted by atomic mass is 9.96. The Hall–Kier alpha value is -2.51. The molecule has 8 heteroatoms. The van der Waals surface area contributed by atoms with Crippen LogP contribution < -0.4 is 0 Å². The van der Waals surface area contributed by atoms with Gasteiger partial charge in [0.15, 0.2) is 5.82 Å². The van der Waals surface area contributed by atoms with Gasteiger partial charge in [0, 0.05) is 29.2 Å². The lowest BCUT2D eigenvalue weighted by Crippen LogP contribution is -2.32. The average molecular weight is 386 g/mol. The van der Waals surface area contributed by atoms with Gasteiger partial charge < -0.3 is 9.63 Å². The second-order valence-electron chi connectivity index (χ2n) is 6.82. The zero-order chi connectivity index (χ0) is 18.8. The summed E-state index contributed by atoms with van der Waals surface area (Å²) >= 11 is 6.03. The summed E-state index contributed by atoms with van der Waals surface area (Å²) in [5.74, 6) is 1.66. The number of aromatic nitrogens is 4. The molecule has 3 aromatic rings. The van der Waals surface area contributed by atoms with Crippen LogP contribution in [0.15, 0.2) is 35.1 Å². The summed E-state index contributed by atoms with van der Waals surface area (Å²) < 4.78 is 5.37. The third kappa shape index (κ3) is 4.09. The third-order valence-corrected chi connectivity index (χ3v) is 5.07. The number of hydrogen-bond donors (Lipinski definition) is 1. The minimum absolute atomic E-state index is 0.255. The van der Waals surface area contributed by atoms with Crippen LogP contribution in [0.25, 0.3) is 11.6 Å². The van der Waals surface area contributed by atoms with E-state index in [-0.39, 0.29) is 11.7 Å². The SMILES string of the molecule is Cc1cnc(-c2nc(C3CCN(Cc4cc(Cl)ccc4O)CC3)no2)cn1. The molecule has 3 heterocycles. The number of phenols is 1. The fourth-order valence-electron chi connectivity index (χ4n) is 3.28. The van der Waals surface area contributed by atoms with Crippen molar-refractivity contribution < 1.29 is 9.63 Å². The van der Waals surface area contributed by atoms with E-state index in [1.807, 2.05) is 13.0 Å². The number of hydrogen-bond acceptors (Lipinski definition) is 7. The van der Waals surface area contributed by atoms with Gasteiger partial charge in [-0.15, -0.1) is 0 Å². The van der Waals surface area contributed by atoms with Gasteiger partial charge in [0.25, 0.3) is 5.89 Å². The van der Waals surface area contributed by atoms with Gasteiger partial charge in [0.1, 0.15) is 11.4 Å². The van der Waals surface area contributed by atoms with Crippen LogP contribution in [0.4, 0.5) is 0 Å². The van der Waals surface area contributed by atoms with Crippen molar-refractivity contribution in [2.75, 3.05) is 13.1 Å². The molecule has 0 spiro atoms. The van der Waals surface area contributed by atoms with E-state index in [2.05, 4.69) is 25.0 Å². The molecule has 1 saturated heterocycles. The van der Waals surface area contributed by atoms with Gasteiger partial charge in [0.05, 0.1) is 11.9 Å². The van der Waals surface area contributed by atoms with Gasteiger partial charge in [-0.2, -0.15) is 4.98 Å². The highest BCUT2D eigenvalue weighted by molar-refractivity contribution is 6.30.